The molecule has 16 nitrogen and oxygen atoms in total. The molecule has 0 aromatic heterocycles. The number of nitrogens with zero attached hydrogens (tertiary/aromatic N) is 4. The van der Waals surface area contributed by atoms with E-state index in [0.29, 0.717) is 66.3 Å². The van der Waals surface area contributed by atoms with E-state index < -0.39 is 44.2 Å². The number of hydrogen-bond acceptors (Lipinski definition) is 16. The molecule has 12 aromatic rings. The fourth-order valence-corrected chi connectivity index (χ4v) is 30.8. The molecule has 0 aliphatic carbocycles. The summed E-state index contributed by atoms with van der Waals surface area (Å²) in [5, 5.41) is 3.15. The van der Waals surface area contributed by atoms with Crippen LogP contribution in [0.3, 0.4) is 0 Å². The Bertz CT molecular complexity index is 4920. The van der Waals surface area contributed by atoms with Crippen LogP contribution in [0.4, 0.5) is 0 Å². The molecule has 6 aliphatic rings. The molecule has 6 heterocycles. The lowest BCUT2D eigenvalue weighted by Crippen LogP contribution is -2.46. The van der Waals surface area contributed by atoms with Crippen molar-refractivity contribution < 1.29 is 54.5 Å². The number of rotatable bonds is 21. The molecular formula is C84H72N4O12P6. The lowest BCUT2D eigenvalue weighted by molar-refractivity contribution is 0.183. The summed E-state index contributed by atoms with van der Waals surface area (Å²) in [7, 11) is -23.6. The Balaban J connectivity index is 0.757. The van der Waals surface area contributed by atoms with Gasteiger partial charge in [-0.3, -0.25) is 47.0 Å². The molecule has 0 fully saturated rings. The van der Waals surface area contributed by atoms with Crippen molar-refractivity contribution in [3.05, 3.63) is 291 Å². The van der Waals surface area contributed by atoms with Crippen LogP contribution in [0.2, 0.25) is 0 Å². The molecule has 0 saturated heterocycles. The van der Waals surface area contributed by atoms with Gasteiger partial charge in [-0.05, 0) is 106 Å². The Morgan fingerprint density at radius 1 is 0.170 bits per heavy atom. The summed E-state index contributed by atoms with van der Waals surface area (Å²) in [6.45, 7) is 0.890. The second-order valence-corrected chi connectivity index (χ2v) is 41.3. The summed E-state index contributed by atoms with van der Waals surface area (Å²) in [6, 6.07) is 90.8. The first-order valence-corrected chi connectivity index (χ1v) is 46.2. The third-order valence-electron chi connectivity index (χ3n) is 20.7. The van der Waals surface area contributed by atoms with E-state index in [4.69, 9.17) is 27.1 Å². The lowest BCUT2D eigenvalue weighted by atomic mass is 10.0. The average molecular weight is 1520 g/mol. The summed E-state index contributed by atoms with van der Waals surface area (Å²) < 4.78 is 140. The first-order chi connectivity index (χ1) is 51.6. The standard InChI is InChI=1S/C84H72N4O12P6/c89-101(79-43-19-7-31-67(79)61-25-1-13-37-73(61)95-101)55-86(56-102(90)80-44-20-8-32-68(80)62-26-2-14-38-74(62)96-102)52-49-85(50-53-87(57-103(91)81-45-21-9-33-69(81)63-27-3-15-39-75(63)97-103)58-104(92)82-46-22-10-34-70(82)64-28-4-16-40-76(64)98-104)51-54-88(59-105(93)83-47-23-11-35-71(83)65-29-5-17-41-77(65)99-105)60-106(94)84-48-24-12-36-72(84)66-30-6-18-42-78(66)100-106/h1-48H,49-60H2. The number of hydrogen-bond donors (Lipinski definition) is 0. The molecule has 0 bridgehead atoms. The van der Waals surface area contributed by atoms with Gasteiger partial charge in [0.1, 0.15) is 34.5 Å². The van der Waals surface area contributed by atoms with Gasteiger partial charge in [0.05, 0.1) is 69.5 Å². The van der Waals surface area contributed by atoms with Crippen molar-refractivity contribution in [2.24, 2.45) is 0 Å². The van der Waals surface area contributed by atoms with Gasteiger partial charge < -0.3 is 27.1 Å². The molecule has 6 unspecified atom stereocenters. The molecule has 106 heavy (non-hydrogen) atoms. The zero-order chi connectivity index (χ0) is 71.8. The Morgan fingerprint density at radius 3 is 0.472 bits per heavy atom. The van der Waals surface area contributed by atoms with Gasteiger partial charge in [-0.15, -0.1) is 0 Å². The SMILES string of the molecule is O=P1(CN(CCN(CCN(CP2(=O)Oc3ccccc3-c3ccccc32)CP2(=O)Oc3ccccc3-c3ccccc32)CCN(CP2(=O)Oc3ccccc3-c3ccccc32)CP2(=O)Oc3ccccc3-c3ccccc32)CP2(=O)Oc3ccccc3-c3ccccc32)Oc2ccccc2-c2ccccc21. The summed E-state index contributed by atoms with van der Waals surface area (Å²) in [4.78, 5) is 8.01. The van der Waals surface area contributed by atoms with Crippen LogP contribution < -0.4 is 59.0 Å². The van der Waals surface area contributed by atoms with Crippen molar-refractivity contribution in [3.63, 3.8) is 0 Å². The van der Waals surface area contributed by atoms with E-state index in [1.165, 1.54) is 0 Å². The van der Waals surface area contributed by atoms with Crippen LogP contribution in [0.25, 0.3) is 66.8 Å². The van der Waals surface area contributed by atoms with Crippen LogP contribution in [-0.4, -0.2) is 96.6 Å². The number of benzene rings is 12. The minimum Gasteiger partial charge on any atom is -0.438 e. The van der Waals surface area contributed by atoms with Crippen molar-refractivity contribution in [2.45, 2.75) is 0 Å². The molecule has 22 heteroatoms. The largest absolute Gasteiger partial charge is 0.438 e. The molecule has 0 spiro atoms. The van der Waals surface area contributed by atoms with Gasteiger partial charge >= 0.3 is 0 Å². The molecule has 18 rings (SSSR count). The Morgan fingerprint density at radius 2 is 0.302 bits per heavy atom. The Hall–Kier alpha value is -9.34. The molecule has 530 valence electrons. The van der Waals surface area contributed by atoms with Crippen LogP contribution in [-0.2, 0) is 27.4 Å². The summed E-state index contributed by atoms with van der Waals surface area (Å²) in [5.41, 5.74) is 9.43. The first-order valence-electron chi connectivity index (χ1n) is 35.4. The maximum absolute atomic E-state index is 16.5. The summed E-state index contributed by atoms with van der Waals surface area (Å²) in [5.74, 6) is 2.77. The summed E-state index contributed by atoms with van der Waals surface area (Å²) in [6.07, 6.45) is -1.12. The maximum Gasteiger partial charge on any atom is 0.291 e. The van der Waals surface area contributed by atoms with Crippen molar-refractivity contribution in [3.8, 4) is 101 Å². The van der Waals surface area contributed by atoms with Gasteiger partial charge in [0.25, 0.3) is 44.2 Å². The van der Waals surface area contributed by atoms with Gasteiger partial charge in [0.2, 0.25) is 0 Å². The second-order valence-electron chi connectivity index (χ2n) is 27.5. The highest BCUT2D eigenvalue weighted by atomic mass is 31.2. The van der Waals surface area contributed by atoms with Crippen LogP contribution in [0.1, 0.15) is 0 Å². The second kappa shape index (κ2) is 27.5. The van der Waals surface area contributed by atoms with Crippen LogP contribution in [0.5, 0.6) is 34.5 Å². The lowest BCUT2D eigenvalue weighted by Gasteiger charge is -2.38. The van der Waals surface area contributed by atoms with Gasteiger partial charge in [0.15, 0.2) is 0 Å². The smallest absolute Gasteiger partial charge is 0.291 e. The number of fused-ring (bicyclic) bond motifs is 18. The zero-order valence-electron chi connectivity index (χ0n) is 57.6. The third kappa shape index (κ3) is 12.5. The van der Waals surface area contributed by atoms with Crippen LogP contribution in [0, 0.1) is 0 Å². The van der Waals surface area contributed by atoms with Crippen molar-refractivity contribution in [1.82, 2.24) is 19.6 Å². The van der Waals surface area contributed by atoms with Crippen molar-refractivity contribution in [1.29, 1.82) is 0 Å². The molecule has 6 atom stereocenters. The van der Waals surface area contributed by atoms with Crippen LogP contribution in [0.15, 0.2) is 291 Å². The monoisotopic (exact) mass is 1510 g/mol. The quantitative estimate of drug-likeness (QED) is 0.0622. The van der Waals surface area contributed by atoms with E-state index >= 15 is 27.4 Å². The van der Waals surface area contributed by atoms with E-state index in [9.17, 15) is 0 Å². The fourth-order valence-electron chi connectivity index (χ4n) is 15.8. The highest BCUT2D eigenvalue weighted by Crippen LogP contribution is 2.63. The highest BCUT2D eigenvalue weighted by molar-refractivity contribution is 7.70. The van der Waals surface area contributed by atoms with Crippen molar-refractivity contribution in [2.75, 3.05) is 77.0 Å². The van der Waals surface area contributed by atoms with E-state index in [-0.39, 0.29) is 77.0 Å². The Labute approximate surface area is 615 Å². The average Bonchev–Trinajstić information content (AvgIpc) is 0.757. The van der Waals surface area contributed by atoms with E-state index in [1.807, 2.05) is 306 Å². The first kappa shape index (κ1) is 68.5. The van der Waals surface area contributed by atoms with E-state index in [1.54, 1.807) is 0 Å². The maximum atomic E-state index is 16.5. The molecule has 6 aliphatic heterocycles. The molecule has 0 N–H and O–H groups in total. The minimum absolute atomic E-state index is 0.114. The van der Waals surface area contributed by atoms with E-state index in [0.717, 1.165) is 66.8 Å². The molecule has 0 amide bonds. The minimum atomic E-state index is -3.94. The molecule has 0 radical (unpaired) electrons. The molecular weight excluding hydrogens is 1440 g/mol. The predicted molar refractivity (Wildman–Crippen MR) is 424 cm³/mol. The zero-order valence-corrected chi connectivity index (χ0v) is 62.9. The molecule has 0 saturated carbocycles. The van der Waals surface area contributed by atoms with Gasteiger partial charge in [-0.2, -0.15) is 0 Å². The number of para-hydroxylation sites is 6. The van der Waals surface area contributed by atoms with Gasteiger partial charge in [-0.25, -0.2) is 0 Å². The van der Waals surface area contributed by atoms with Gasteiger partial charge in [-0.1, -0.05) is 218 Å². The predicted octanol–water partition coefficient (Wildman–Crippen LogP) is 17.9. The summed E-state index contributed by atoms with van der Waals surface area (Å²) >= 11 is 0. The Kier molecular flexibility index (Phi) is 17.7. The van der Waals surface area contributed by atoms with Crippen molar-refractivity contribution >= 4 is 76.0 Å². The van der Waals surface area contributed by atoms with E-state index in [2.05, 4.69) is 4.90 Å². The van der Waals surface area contributed by atoms with Crippen LogP contribution >= 0.6 is 44.2 Å². The normalized spacial score (nSPS) is 22.0. The van der Waals surface area contributed by atoms with Gasteiger partial charge in [0, 0.05) is 72.6 Å². The highest BCUT2D eigenvalue weighted by Gasteiger charge is 2.47. The third-order valence-corrected chi connectivity index (χ3v) is 35.0. The molecule has 12 aromatic carbocycles. The fraction of sp³-hybridized carbons (Fsp3) is 0.143. The topological polar surface area (TPSA) is 171 Å².